The van der Waals surface area contributed by atoms with E-state index in [1.165, 1.54) is 24.5 Å². The number of sulfonamides is 1. The summed E-state index contributed by atoms with van der Waals surface area (Å²) in [4.78, 5) is 38.4. The molecule has 3 N–H and O–H groups in total. The number of hydrazine groups is 1. The minimum Gasteiger partial charge on any atom is -0.468 e. The van der Waals surface area contributed by atoms with Crippen LogP contribution in [0.3, 0.4) is 0 Å². The lowest BCUT2D eigenvalue weighted by Crippen LogP contribution is -2.48. The Morgan fingerprint density at radius 2 is 1.82 bits per heavy atom. The standard InChI is InChI=1S/C23H22N4O6S/c1-2-23(17-9-4-3-5-10-17)21(29)27(22(30)25-23)26-20(28)16-8-6-12-19(14-16)34(31,32)24-15-18-11-7-13-33-18/h3-14,24H,2,15H2,1H3,(H,25,30)(H,26,28)/t23-/m0/s1. The quantitative estimate of drug-likeness (QED) is 0.421. The largest absolute Gasteiger partial charge is 0.468 e. The highest BCUT2D eigenvalue weighted by atomic mass is 32.2. The lowest BCUT2D eigenvalue weighted by atomic mass is 9.87. The summed E-state index contributed by atoms with van der Waals surface area (Å²) in [6, 6.07) is 16.4. The maximum absolute atomic E-state index is 13.2. The summed E-state index contributed by atoms with van der Waals surface area (Å²) >= 11 is 0. The number of nitrogens with one attached hydrogen (secondary N) is 3. The maximum atomic E-state index is 13.2. The number of amides is 4. The fourth-order valence-electron chi connectivity index (χ4n) is 3.67. The van der Waals surface area contributed by atoms with Crippen molar-refractivity contribution in [1.29, 1.82) is 0 Å². The van der Waals surface area contributed by atoms with Gasteiger partial charge in [0.05, 0.1) is 17.7 Å². The molecule has 0 unspecified atom stereocenters. The summed E-state index contributed by atoms with van der Waals surface area (Å²) in [7, 11) is -3.95. The lowest BCUT2D eigenvalue weighted by molar-refractivity contribution is -0.133. The van der Waals surface area contributed by atoms with E-state index >= 15 is 0 Å². The number of furan rings is 1. The zero-order valence-electron chi connectivity index (χ0n) is 18.1. The second-order valence-corrected chi connectivity index (χ2v) is 9.34. The Hall–Kier alpha value is -3.96. The summed E-state index contributed by atoms with van der Waals surface area (Å²) < 4.78 is 32.7. The molecule has 0 aliphatic carbocycles. The van der Waals surface area contributed by atoms with E-state index < -0.39 is 33.4 Å². The van der Waals surface area contributed by atoms with E-state index in [1.54, 1.807) is 49.4 Å². The van der Waals surface area contributed by atoms with E-state index in [4.69, 9.17) is 4.42 Å². The van der Waals surface area contributed by atoms with Crippen LogP contribution in [0.25, 0.3) is 0 Å². The van der Waals surface area contributed by atoms with Crippen molar-refractivity contribution in [3.05, 3.63) is 89.9 Å². The van der Waals surface area contributed by atoms with Crippen molar-refractivity contribution >= 4 is 27.9 Å². The highest BCUT2D eigenvalue weighted by molar-refractivity contribution is 7.89. The van der Waals surface area contributed by atoms with Crippen molar-refractivity contribution < 1.29 is 27.2 Å². The molecule has 0 radical (unpaired) electrons. The van der Waals surface area contributed by atoms with E-state index in [1.807, 2.05) is 0 Å². The molecule has 1 aliphatic heterocycles. The van der Waals surface area contributed by atoms with Gasteiger partial charge in [0.2, 0.25) is 10.0 Å². The highest BCUT2D eigenvalue weighted by Gasteiger charge is 2.52. The van der Waals surface area contributed by atoms with Crippen molar-refractivity contribution in [2.75, 3.05) is 0 Å². The number of hydrogen-bond acceptors (Lipinski definition) is 6. The molecule has 1 saturated heterocycles. The summed E-state index contributed by atoms with van der Waals surface area (Å²) in [5.74, 6) is -1.02. The van der Waals surface area contributed by atoms with Crippen LogP contribution < -0.4 is 15.5 Å². The van der Waals surface area contributed by atoms with Crippen LogP contribution in [-0.4, -0.2) is 31.3 Å². The monoisotopic (exact) mass is 482 g/mol. The van der Waals surface area contributed by atoms with Gasteiger partial charge in [0.1, 0.15) is 11.3 Å². The van der Waals surface area contributed by atoms with Gasteiger partial charge in [0, 0.05) is 5.56 Å². The van der Waals surface area contributed by atoms with Gasteiger partial charge in [-0.3, -0.25) is 15.0 Å². The van der Waals surface area contributed by atoms with Gasteiger partial charge in [-0.05, 0) is 42.3 Å². The fraction of sp³-hybridized carbons (Fsp3) is 0.174. The Morgan fingerprint density at radius 3 is 2.50 bits per heavy atom. The van der Waals surface area contributed by atoms with Crippen molar-refractivity contribution in [2.45, 2.75) is 30.3 Å². The SMILES string of the molecule is CC[C@@]1(c2ccccc2)NC(=O)N(NC(=O)c2cccc(S(=O)(=O)NCc3ccco3)c2)C1=O. The Bertz CT molecular complexity index is 1320. The molecular formula is C23H22N4O6S. The first-order chi connectivity index (χ1) is 16.3. The molecule has 1 fully saturated rings. The Balaban J connectivity index is 1.52. The number of carbonyl (C=O) groups is 3. The van der Waals surface area contributed by atoms with E-state index in [9.17, 15) is 22.8 Å². The summed E-state index contributed by atoms with van der Waals surface area (Å²) in [5.41, 5.74) is 1.52. The van der Waals surface area contributed by atoms with Gasteiger partial charge in [-0.15, -0.1) is 0 Å². The predicted octanol–water partition coefficient (Wildman–Crippen LogP) is 2.26. The molecule has 0 saturated carbocycles. The Morgan fingerprint density at radius 1 is 1.06 bits per heavy atom. The number of urea groups is 1. The van der Waals surface area contributed by atoms with Gasteiger partial charge < -0.3 is 9.73 Å². The number of carbonyl (C=O) groups excluding carboxylic acids is 3. The van der Waals surface area contributed by atoms with Gasteiger partial charge in [0.15, 0.2) is 0 Å². The van der Waals surface area contributed by atoms with Crippen LogP contribution in [0.15, 0.2) is 82.3 Å². The molecule has 176 valence electrons. The van der Waals surface area contributed by atoms with Crippen LogP contribution >= 0.6 is 0 Å². The van der Waals surface area contributed by atoms with Gasteiger partial charge in [-0.1, -0.05) is 43.3 Å². The van der Waals surface area contributed by atoms with Crippen LogP contribution in [0, 0.1) is 0 Å². The first-order valence-corrected chi connectivity index (χ1v) is 11.9. The van der Waals surface area contributed by atoms with Gasteiger partial charge >= 0.3 is 6.03 Å². The van der Waals surface area contributed by atoms with Crippen molar-refractivity contribution in [3.8, 4) is 0 Å². The molecule has 1 atom stereocenters. The molecular weight excluding hydrogens is 460 g/mol. The molecule has 34 heavy (non-hydrogen) atoms. The zero-order valence-corrected chi connectivity index (χ0v) is 19.0. The fourth-order valence-corrected chi connectivity index (χ4v) is 4.71. The highest BCUT2D eigenvalue weighted by Crippen LogP contribution is 2.31. The van der Waals surface area contributed by atoms with Crippen LogP contribution in [-0.2, 0) is 26.9 Å². The predicted molar refractivity (Wildman–Crippen MR) is 120 cm³/mol. The van der Waals surface area contributed by atoms with E-state index in [0.717, 1.165) is 6.07 Å². The smallest absolute Gasteiger partial charge is 0.344 e. The third-order valence-corrected chi connectivity index (χ3v) is 6.92. The zero-order chi connectivity index (χ0) is 24.3. The number of imide groups is 1. The molecule has 2 aromatic carbocycles. The molecule has 1 aromatic heterocycles. The number of hydrogen-bond donors (Lipinski definition) is 3. The molecule has 3 aromatic rings. The number of rotatable bonds is 8. The van der Waals surface area contributed by atoms with E-state index in [-0.39, 0.29) is 23.4 Å². The summed E-state index contributed by atoms with van der Waals surface area (Å²) in [6.45, 7) is 1.69. The molecule has 11 heteroatoms. The second-order valence-electron chi connectivity index (χ2n) is 7.57. The molecule has 1 aliphatic rings. The van der Waals surface area contributed by atoms with Crippen LogP contribution in [0.2, 0.25) is 0 Å². The third kappa shape index (κ3) is 4.30. The van der Waals surface area contributed by atoms with Crippen LogP contribution in [0.5, 0.6) is 0 Å². The van der Waals surface area contributed by atoms with E-state index in [2.05, 4.69) is 15.5 Å². The normalized spacial score (nSPS) is 18.1. The summed E-state index contributed by atoms with van der Waals surface area (Å²) in [5, 5.41) is 3.28. The van der Waals surface area contributed by atoms with Crippen LogP contribution in [0.1, 0.15) is 35.0 Å². The molecule has 0 bridgehead atoms. The Labute approximate surface area is 196 Å². The second kappa shape index (κ2) is 9.12. The number of benzene rings is 2. The average molecular weight is 483 g/mol. The summed E-state index contributed by atoms with van der Waals surface area (Å²) in [6.07, 6.45) is 1.69. The Kier molecular flexibility index (Phi) is 6.22. The van der Waals surface area contributed by atoms with Crippen molar-refractivity contribution in [3.63, 3.8) is 0 Å². The van der Waals surface area contributed by atoms with Crippen molar-refractivity contribution in [2.24, 2.45) is 0 Å². The molecule has 4 amide bonds. The molecule has 10 nitrogen and oxygen atoms in total. The van der Waals surface area contributed by atoms with Crippen molar-refractivity contribution in [1.82, 2.24) is 20.5 Å². The van der Waals surface area contributed by atoms with Crippen LogP contribution in [0.4, 0.5) is 4.79 Å². The van der Waals surface area contributed by atoms with E-state index in [0.29, 0.717) is 16.3 Å². The minimum atomic E-state index is -3.95. The minimum absolute atomic E-state index is 0.0461. The molecule has 0 spiro atoms. The molecule has 4 rings (SSSR count). The van der Waals surface area contributed by atoms with Gasteiger partial charge in [-0.2, -0.15) is 5.01 Å². The maximum Gasteiger partial charge on any atom is 0.344 e. The van der Waals surface area contributed by atoms with Gasteiger partial charge in [0.25, 0.3) is 11.8 Å². The molecule has 2 heterocycles. The van der Waals surface area contributed by atoms with Gasteiger partial charge in [-0.25, -0.2) is 17.9 Å². The topological polar surface area (TPSA) is 138 Å². The third-order valence-electron chi connectivity index (χ3n) is 5.52. The first-order valence-electron chi connectivity index (χ1n) is 10.4. The first kappa shape index (κ1) is 23.2. The average Bonchev–Trinajstić information content (AvgIpc) is 3.46. The lowest BCUT2D eigenvalue weighted by Gasteiger charge is -2.25. The number of nitrogens with zero attached hydrogens (tertiary/aromatic N) is 1.